The highest BCUT2D eigenvalue weighted by molar-refractivity contribution is 14.0. The molecule has 1 aromatic rings. The number of aryl methyl sites for hydroxylation is 1. The number of hydrogen-bond donors (Lipinski definition) is 2. The minimum absolute atomic E-state index is 0. The SMILES string of the molecule is CCNC(=NCC(C)N(C)C1CC1)NC(C)c1ccc(C)c(F)c1.I. The van der Waals surface area contributed by atoms with Crippen molar-refractivity contribution in [3.05, 3.63) is 35.1 Å². The number of hydrogen-bond acceptors (Lipinski definition) is 2. The monoisotopic (exact) mass is 462 g/mol. The van der Waals surface area contributed by atoms with Crippen molar-refractivity contribution in [1.29, 1.82) is 0 Å². The molecule has 0 aromatic heterocycles. The fourth-order valence-electron chi connectivity index (χ4n) is 2.68. The Morgan fingerprint density at radius 1 is 1.36 bits per heavy atom. The predicted octanol–water partition coefficient (Wildman–Crippen LogP) is 3.85. The van der Waals surface area contributed by atoms with Gasteiger partial charge in [-0.1, -0.05) is 12.1 Å². The molecule has 2 unspecified atom stereocenters. The van der Waals surface area contributed by atoms with Crippen LogP contribution in [0.25, 0.3) is 0 Å². The number of aliphatic imine (C=N–C) groups is 1. The zero-order chi connectivity index (χ0) is 17.7. The number of likely N-dealkylation sites (N-methyl/N-ethyl adjacent to an activating group) is 1. The molecule has 1 aromatic carbocycles. The van der Waals surface area contributed by atoms with Crippen molar-refractivity contribution in [1.82, 2.24) is 15.5 Å². The van der Waals surface area contributed by atoms with Gasteiger partial charge in [0.1, 0.15) is 5.82 Å². The average Bonchev–Trinajstić information content (AvgIpc) is 3.39. The normalized spacial score (nSPS) is 17.0. The van der Waals surface area contributed by atoms with Gasteiger partial charge in [-0.2, -0.15) is 0 Å². The summed E-state index contributed by atoms with van der Waals surface area (Å²) in [5.74, 6) is 0.616. The van der Waals surface area contributed by atoms with E-state index >= 15 is 0 Å². The van der Waals surface area contributed by atoms with Crippen LogP contribution >= 0.6 is 24.0 Å². The van der Waals surface area contributed by atoms with Crippen molar-refractivity contribution < 1.29 is 4.39 Å². The molecule has 1 fully saturated rings. The van der Waals surface area contributed by atoms with Gasteiger partial charge in [0, 0.05) is 18.6 Å². The predicted molar refractivity (Wildman–Crippen MR) is 114 cm³/mol. The van der Waals surface area contributed by atoms with Crippen molar-refractivity contribution in [3.63, 3.8) is 0 Å². The van der Waals surface area contributed by atoms with Gasteiger partial charge in [-0.05, 0) is 64.8 Å². The number of nitrogens with zero attached hydrogens (tertiary/aromatic N) is 2. The standard InChI is InChI=1S/C19H31FN4.HI/c1-6-21-19(22-12-14(3)24(5)17-9-10-17)23-15(4)16-8-7-13(2)18(20)11-16;/h7-8,11,14-15,17H,6,9-10,12H2,1-5H3,(H2,21,22,23);1H. The molecule has 6 heteroatoms. The molecule has 25 heavy (non-hydrogen) atoms. The highest BCUT2D eigenvalue weighted by Gasteiger charge is 2.28. The maximum absolute atomic E-state index is 13.8. The maximum atomic E-state index is 13.8. The van der Waals surface area contributed by atoms with Crippen LogP contribution < -0.4 is 10.6 Å². The number of benzene rings is 1. The third kappa shape index (κ3) is 6.73. The second-order valence-electron chi connectivity index (χ2n) is 6.84. The van der Waals surface area contributed by atoms with E-state index in [2.05, 4.69) is 29.5 Å². The lowest BCUT2D eigenvalue weighted by Crippen LogP contribution is -2.40. The Morgan fingerprint density at radius 3 is 2.60 bits per heavy atom. The van der Waals surface area contributed by atoms with Gasteiger partial charge in [-0.25, -0.2) is 4.39 Å². The number of rotatable bonds is 7. The summed E-state index contributed by atoms with van der Waals surface area (Å²) in [5, 5.41) is 6.65. The zero-order valence-corrected chi connectivity index (χ0v) is 18.3. The van der Waals surface area contributed by atoms with E-state index in [1.165, 1.54) is 12.8 Å². The first-order valence-corrected chi connectivity index (χ1v) is 8.95. The molecule has 0 saturated heterocycles. The van der Waals surface area contributed by atoms with E-state index in [0.717, 1.165) is 30.7 Å². The minimum Gasteiger partial charge on any atom is -0.357 e. The van der Waals surface area contributed by atoms with Crippen molar-refractivity contribution in [2.45, 2.75) is 58.7 Å². The average molecular weight is 462 g/mol. The summed E-state index contributed by atoms with van der Waals surface area (Å²) in [6.45, 7) is 9.61. The van der Waals surface area contributed by atoms with E-state index in [9.17, 15) is 4.39 Å². The number of halogens is 2. The first-order chi connectivity index (χ1) is 11.4. The summed E-state index contributed by atoms with van der Waals surface area (Å²) in [5.41, 5.74) is 1.59. The van der Waals surface area contributed by atoms with Crippen LogP contribution in [0.4, 0.5) is 4.39 Å². The Hall–Kier alpha value is -0.890. The van der Waals surface area contributed by atoms with Crippen molar-refractivity contribution in [3.8, 4) is 0 Å². The van der Waals surface area contributed by atoms with Crippen LogP contribution in [0.1, 0.15) is 50.8 Å². The lowest BCUT2D eigenvalue weighted by atomic mass is 10.1. The van der Waals surface area contributed by atoms with E-state index in [1.807, 2.05) is 26.0 Å². The van der Waals surface area contributed by atoms with Crippen LogP contribution in [0.5, 0.6) is 0 Å². The third-order valence-corrected chi connectivity index (χ3v) is 4.73. The molecular formula is C19H32FIN4. The molecule has 1 saturated carbocycles. The summed E-state index contributed by atoms with van der Waals surface area (Å²) >= 11 is 0. The van der Waals surface area contributed by atoms with Gasteiger partial charge >= 0.3 is 0 Å². The second-order valence-corrected chi connectivity index (χ2v) is 6.84. The van der Waals surface area contributed by atoms with Crippen LogP contribution in [0.2, 0.25) is 0 Å². The Morgan fingerprint density at radius 2 is 2.04 bits per heavy atom. The Balaban J connectivity index is 0.00000312. The quantitative estimate of drug-likeness (QED) is 0.368. The number of nitrogens with one attached hydrogen (secondary N) is 2. The zero-order valence-electron chi connectivity index (χ0n) is 16.0. The molecule has 2 rings (SSSR count). The molecule has 2 N–H and O–H groups in total. The number of guanidine groups is 1. The molecule has 0 amide bonds. The van der Waals surface area contributed by atoms with Crippen molar-refractivity contribution >= 4 is 29.9 Å². The fourth-order valence-corrected chi connectivity index (χ4v) is 2.68. The van der Waals surface area contributed by atoms with Gasteiger partial charge in [0.15, 0.2) is 5.96 Å². The van der Waals surface area contributed by atoms with Gasteiger partial charge in [0.2, 0.25) is 0 Å². The molecule has 1 aliphatic rings. The molecule has 0 radical (unpaired) electrons. The summed E-state index contributed by atoms with van der Waals surface area (Å²) in [7, 11) is 2.18. The van der Waals surface area contributed by atoms with Crippen LogP contribution in [0.3, 0.4) is 0 Å². The molecule has 0 bridgehead atoms. The smallest absolute Gasteiger partial charge is 0.191 e. The maximum Gasteiger partial charge on any atom is 0.191 e. The van der Waals surface area contributed by atoms with Crippen molar-refractivity contribution in [2.75, 3.05) is 20.1 Å². The summed E-state index contributed by atoms with van der Waals surface area (Å²) in [6, 6.07) is 6.53. The van der Waals surface area contributed by atoms with Gasteiger partial charge in [0.25, 0.3) is 0 Å². The van der Waals surface area contributed by atoms with Crippen LogP contribution in [0, 0.1) is 12.7 Å². The van der Waals surface area contributed by atoms with Gasteiger partial charge in [-0.3, -0.25) is 9.89 Å². The summed E-state index contributed by atoms with van der Waals surface area (Å²) in [6.07, 6.45) is 2.61. The van der Waals surface area contributed by atoms with E-state index in [1.54, 1.807) is 13.0 Å². The largest absolute Gasteiger partial charge is 0.357 e. The van der Waals surface area contributed by atoms with E-state index in [4.69, 9.17) is 4.99 Å². The second kappa shape index (κ2) is 10.3. The molecule has 2 atom stereocenters. The van der Waals surface area contributed by atoms with E-state index in [0.29, 0.717) is 11.6 Å². The molecule has 0 spiro atoms. The Labute approximate surface area is 168 Å². The highest BCUT2D eigenvalue weighted by atomic mass is 127. The van der Waals surface area contributed by atoms with E-state index in [-0.39, 0.29) is 35.8 Å². The highest BCUT2D eigenvalue weighted by Crippen LogP contribution is 2.26. The molecule has 0 heterocycles. The van der Waals surface area contributed by atoms with Crippen LogP contribution in [0.15, 0.2) is 23.2 Å². The first kappa shape index (κ1) is 22.2. The molecule has 1 aliphatic carbocycles. The molecular weight excluding hydrogens is 430 g/mol. The molecule has 142 valence electrons. The lowest BCUT2D eigenvalue weighted by molar-refractivity contribution is 0.253. The molecule has 4 nitrogen and oxygen atoms in total. The fraction of sp³-hybridized carbons (Fsp3) is 0.632. The van der Waals surface area contributed by atoms with Gasteiger partial charge < -0.3 is 10.6 Å². The van der Waals surface area contributed by atoms with E-state index < -0.39 is 0 Å². The van der Waals surface area contributed by atoms with Crippen molar-refractivity contribution in [2.24, 2.45) is 4.99 Å². The summed E-state index contributed by atoms with van der Waals surface area (Å²) in [4.78, 5) is 7.12. The minimum atomic E-state index is -0.164. The van der Waals surface area contributed by atoms with Gasteiger partial charge in [0.05, 0.1) is 12.6 Å². The lowest BCUT2D eigenvalue weighted by Gasteiger charge is -2.24. The first-order valence-electron chi connectivity index (χ1n) is 8.95. The van der Waals surface area contributed by atoms with Crippen LogP contribution in [-0.2, 0) is 0 Å². The van der Waals surface area contributed by atoms with Gasteiger partial charge in [-0.15, -0.1) is 24.0 Å². The molecule has 0 aliphatic heterocycles. The van der Waals surface area contributed by atoms with Crippen LogP contribution in [-0.4, -0.2) is 43.1 Å². The Kier molecular flexibility index (Phi) is 9.13. The summed E-state index contributed by atoms with van der Waals surface area (Å²) < 4.78 is 13.8. The third-order valence-electron chi connectivity index (χ3n) is 4.73. The Bertz CT molecular complexity index is 575. The topological polar surface area (TPSA) is 39.7 Å².